The number of fused-ring (bicyclic) bond motifs is 1. The van der Waals surface area contributed by atoms with Crippen LogP contribution < -0.4 is 0 Å². The summed E-state index contributed by atoms with van der Waals surface area (Å²) in [6.07, 6.45) is 1.62. The third-order valence-electron chi connectivity index (χ3n) is 2.98. The first kappa shape index (κ1) is 13.5. The molecule has 6 heteroatoms. The minimum atomic E-state index is -0.976. The molecule has 0 saturated carbocycles. The highest BCUT2D eigenvalue weighted by Crippen LogP contribution is 2.22. The van der Waals surface area contributed by atoms with E-state index in [1.165, 1.54) is 0 Å². The van der Waals surface area contributed by atoms with E-state index in [2.05, 4.69) is 10.1 Å². The average molecular weight is 263 g/mol. The number of carboxylic acid groups (broad SMARTS) is 1. The maximum atomic E-state index is 11.4. The molecule has 0 amide bonds. The van der Waals surface area contributed by atoms with Gasteiger partial charge < -0.3 is 10.2 Å². The number of aliphatic hydroxyl groups excluding tert-OH is 1. The zero-order valence-corrected chi connectivity index (χ0v) is 11.1. The Morgan fingerprint density at radius 1 is 1.47 bits per heavy atom. The molecular formula is C13H17N3O3. The van der Waals surface area contributed by atoms with Gasteiger partial charge in [0.15, 0.2) is 5.65 Å². The van der Waals surface area contributed by atoms with Crippen molar-refractivity contribution in [3.63, 3.8) is 0 Å². The Labute approximate surface area is 110 Å². The molecule has 6 nitrogen and oxygen atoms in total. The molecule has 0 unspecified atom stereocenters. The third kappa shape index (κ3) is 2.44. The highest BCUT2D eigenvalue weighted by molar-refractivity contribution is 6.02. The zero-order chi connectivity index (χ0) is 14.0. The standard InChI is InChI=1S/C13H17N3O3/c1-3-4-9-7-10(13(18)19)11-8(2)15-16(5-6-17)12(11)14-9/h7,17H,3-6H2,1-2H3,(H,18,19). The molecule has 0 fully saturated rings. The van der Waals surface area contributed by atoms with Crippen molar-refractivity contribution in [2.45, 2.75) is 33.2 Å². The number of aliphatic hydroxyl groups is 1. The quantitative estimate of drug-likeness (QED) is 0.850. The predicted molar refractivity (Wildman–Crippen MR) is 70.3 cm³/mol. The molecule has 0 aromatic carbocycles. The van der Waals surface area contributed by atoms with Gasteiger partial charge >= 0.3 is 5.97 Å². The normalized spacial score (nSPS) is 11.1. The second-order valence-corrected chi connectivity index (χ2v) is 4.45. The SMILES string of the molecule is CCCc1cc(C(=O)O)c2c(C)nn(CCO)c2n1. The van der Waals surface area contributed by atoms with Crippen molar-refractivity contribution in [1.82, 2.24) is 14.8 Å². The summed E-state index contributed by atoms with van der Waals surface area (Å²) in [6.45, 7) is 4.02. The van der Waals surface area contributed by atoms with Crippen LogP contribution in [-0.2, 0) is 13.0 Å². The Kier molecular flexibility index (Phi) is 3.80. The molecule has 0 spiro atoms. The zero-order valence-electron chi connectivity index (χ0n) is 11.1. The van der Waals surface area contributed by atoms with E-state index in [1.807, 2.05) is 6.92 Å². The first-order chi connectivity index (χ1) is 9.08. The van der Waals surface area contributed by atoms with Gasteiger partial charge in [-0.1, -0.05) is 13.3 Å². The van der Waals surface area contributed by atoms with Gasteiger partial charge in [-0.05, 0) is 19.4 Å². The van der Waals surface area contributed by atoms with Crippen LogP contribution in [0.1, 0.15) is 35.1 Å². The Morgan fingerprint density at radius 2 is 2.21 bits per heavy atom. The van der Waals surface area contributed by atoms with Gasteiger partial charge in [-0.25, -0.2) is 14.5 Å². The topological polar surface area (TPSA) is 88.2 Å². The van der Waals surface area contributed by atoms with Gasteiger partial charge in [-0.2, -0.15) is 5.10 Å². The fraction of sp³-hybridized carbons (Fsp3) is 0.462. The molecule has 0 atom stereocenters. The molecule has 2 rings (SSSR count). The highest BCUT2D eigenvalue weighted by atomic mass is 16.4. The van der Waals surface area contributed by atoms with Gasteiger partial charge in [0.05, 0.1) is 29.8 Å². The lowest BCUT2D eigenvalue weighted by atomic mass is 10.1. The summed E-state index contributed by atoms with van der Waals surface area (Å²) in [4.78, 5) is 15.8. The van der Waals surface area contributed by atoms with Crippen LogP contribution in [0.5, 0.6) is 0 Å². The first-order valence-corrected chi connectivity index (χ1v) is 6.29. The smallest absolute Gasteiger partial charge is 0.336 e. The van der Waals surface area contributed by atoms with Crippen LogP contribution in [-0.4, -0.2) is 37.6 Å². The summed E-state index contributed by atoms with van der Waals surface area (Å²) >= 11 is 0. The third-order valence-corrected chi connectivity index (χ3v) is 2.98. The Morgan fingerprint density at radius 3 is 2.79 bits per heavy atom. The molecule has 19 heavy (non-hydrogen) atoms. The van der Waals surface area contributed by atoms with Crippen molar-refractivity contribution < 1.29 is 15.0 Å². The van der Waals surface area contributed by atoms with Crippen LogP contribution in [0.2, 0.25) is 0 Å². The number of pyridine rings is 1. The Bertz CT molecular complexity index is 619. The van der Waals surface area contributed by atoms with E-state index in [0.717, 1.165) is 18.5 Å². The van der Waals surface area contributed by atoms with Crippen molar-refractivity contribution in [3.8, 4) is 0 Å². The fourth-order valence-electron chi connectivity index (χ4n) is 2.21. The lowest BCUT2D eigenvalue weighted by molar-refractivity contribution is 0.0698. The number of aromatic nitrogens is 3. The van der Waals surface area contributed by atoms with Gasteiger partial charge in [0.25, 0.3) is 0 Å². The van der Waals surface area contributed by atoms with E-state index in [0.29, 0.717) is 23.3 Å². The van der Waals surface area contributed by atoms with Crippen LogP contribution in [0.25, 0.3) is 11.0 Å². The maximum Gasteiger partial charge on any atom is 0.336 e. The van der Waals surface area contributed by atoms with E-state index >= 15 is 0 Å². The highest BCUT2D eigenvalue weighted by Gasteiger charge is 2.18. The molecule has 0 saturated heterocycles. The Balaban J connectivity index is 2.72. The first-order valence-electron chi connectivity index (χ1n) is 6.29. The number of aromatic carboxylic acids is 1. The Hall–Kier alpha value is -1.95. The maximum absolute atomic E-state index is 11.4. The summed E-state index contributed by atoms with van der Waals surface area (Å²) in [5, 5.41) is 23.2. The lowest BCUT2D eigenvalue weighted by Gasteiger charge is -2.05. The van der Waals surface area contributed by atoms with E-state index in [4.69, 9.17) is 5.11 Å². The number of hydrogen-bond acceptors (Lipinski definition) is 4. The predicted octanol–water partition coefficient (Wildman–Crippen LogP) is 1.38. The molecule has 0 radical (unpaired) electrons. The number of rotatable bonds is 5. The number of carboxylic acids is 1. The largest absolute Gasteiger partial charge is 0.478 e. The minimum absolute atomic E-state index is 0.0572. The van der Waals surface area contributed by atoms with Crippen molar-refractivity contribution >= 4 is 17.0 Å². The van der Waals surface area contributed by atoms with Crippen LogP contribution in [0, 0.1) is 6.92 Å². The van der Waals surface area contributed by atoms with Crippen LogP contribution >= 0.6 is 0 Å². The van der Waals surface area contributed by atoms with Crippen LogP contribution in [0.4, 0.5) is 0 Å². The molecule has 2 aromatic heterocycles. The average Bonchev–Trinajstić information content (AvgIpc) is 2.66. The summed E-state index contributed by atoms with van der Waals surface area (Å²) in [5.41, 5.74) is 2.13. The minimum Gasteiger partial charge on any atom is -0.478 e. The summed E-state index contributed by atoms with van der Waals surface area (Å²) in [5.74, 6) is -0.976. The molecule has 0 aliphatic heterocycles. The second-order valence-electron chi connectivity index (χ2n) is 4.45. The van der Waals surface area contributed by atoms with Crippen molar-refractivity contribution in [1.29, 1.82) is 0 Å². The van der Waals surface area contributed by atoms with E-state index in [9.17, 15) is 9.90 Å². The number of carbonyl (C=O) groups is 1. The van der Waals surface area contributed by atoms with Crippen LogP contribution in [0.3, 0.4) is 0 Å². The van der Waals surface area contributed by atoms with Gasteiger partial charge in [-0.15, -0.1) is 0 Å². The molecule has 2 heterocycles. The molecule has 2 N–H and O–H groups in total. The summed E-state index contributed by atoms with van der Waals surface area (Å²) in [6, 6.07) is 1.62. The molecule has 0 aliphatic carbocycles. The number of aryl methyl sites for hydroxylation is 2. The summed E-state index contributed by atoms with van der Waals surface area (Å²) in [7, 11) is 0. The number of hydrogen-bond donors (Lipinski definition) is 2. The molecule has 0 aliphatic rings. The number of nitrogens with zero attached hydrogens (tertiary/aromatic N) is 3. The van der Waals surface area contributed by atoms with E-state index in [-0.39, 0.29) is 12.2 Å². The van der Waals surface area contributed by atoms with Gasteiger partial charge in [0.1, 0.15) is 0 Å². The fourth-order valence-corrected chi connectivity index (χ4v) is 2.21. The summed E-state index contributed by atoms with van der Waals surface area (Å²) < 4.78 is 1.57. The van der Waals surface area contributed by atoms with Crippen LogP contribution in [0.15, 0.2) is 6.07 Å². The van der Waals surface area contributed by atoms with E-state index in [1.54, 1.807) is 17.7 Å². The van der Waals surface area contributed by atoms with Crippen molar-refractivity contribution in [2.75, 3.05) is 6.61 Å². The van der Waals surface area contributed by atoms with Gasteiger partial charge in [-0.3, -0.25) is 0 Å². The monoisotopic (exact) mass is 263 g/mol. The lowest BCUT2D eigenvalue weighted by Crippen LogP contribution is -2.07. The molecule has 0 bridgehead atoms. The van der Waals surface area contributed by atoms with Gasteiger partial charge in [0.2, 0.25) is 0 Å². The molecule has 102 valence electrons. The second kappa shape index (κ2) is 5.36. The van der Waals surface area contributed by atoms with Crippen molar-refractivity contribution in [3.05, 3.63) is 23.0 Å². The van der Waals surface area contributed by atoms with E-state index < -0.39 is 5.97 Å². The van der Waals surface area contributed by atoms with Crippen molar-refractivity contribution in [2.24, 2.45) is 0 Å². The molecular weight excluding hydrogens is 246 g/mol. The molecule has 2 aromatic rings. The van der Waals surface area contributed by atoms with Gasteiger partial charge in [0, 0.05) is 5.69 Å².